The Morgan fingerprint density at radius 3 is 2.27 bits per heavy atom. The largest absolute Gasteiger partial charge is 0.492 e. The van der Waals surface area contributed by atoms with E-state index in [4.69, 9.17) is 4.74 Å². The fraction of sp³-hybridized carbons (Fsp3) is 0.225. The number of rotatable bonds is 13. The number of carbonyl (C=O) groups excluding carboxylic acids is 2. The lowest BCUT2D eigenvalue weighted by atomic mass is 10.0. The smallest absolute Gasteiger partial charge is 0.418 e. The van der Waals surface area contributed by atoms with Crippen molar-refractivity contribution in [2.75, 3.05) is 55.3 Å². The minimum Gasteiger partial charge on any atom is -0.492 e. The maximum absolute atomic E-state index is 15.1. The van der Waals surface area contributed by atoms with Crippen LogP contribution >= 0.6 is 11.8 Å². The molecule has 5 aromatic rings. The van der Waals surface area contributed by atoms with Crippen molar-refractivity contribution in [3.05, 3.63) is 132 Å². The van der Waals surface area contributed by atoms with Gasteiger partial charge in [-0.25, -0.2) is 17.5 Å². The number of alkyl halides is 3. The van der Waals surface area contributed by atoms with Crippen molar-refractivity contribution in [2.45, 2.75) is 22.9 Å². The van der Waals surface area contributed by atoms with E-state index in [2.05, 4.69) is 10.3 Å². The second-order valence-electron chi connectivity index (χ2n) is 12.6. The van der Waals surface area contributed by atoms with Gasteiger partial charge in [-0.05, 0) is 79.7 Å². The number of ether oxygens (including phenoxy) is 1. The van der Waals surface area contributed by atoms with E-state index in [1.54, 1.807) is 29.2 Å². The molecule has 0 radical (unpaired) electrons. The molecule has 2 amide bonds. The summed E-state index contributed by atoms with van der Waals surface area (Å²) in [5.41, 5.74) is 0.239. The van der Waals surface area contributed by atoms with Gasteiger partial charge in [-0.15, -0.1) is 11.8 Å². The zero-order valence-corrected chi connectivity index (χ0v) is 31.7. The number of nitrogens with one attached hydrogen (secondary N) is 2. The van der Waals surface area contributed by atoms with Crippen LogP contribution in [0, 0.1) is 5.82 Å². The molecule has 0 aliphatic carbocycles. The predicted molar refractivity (Wildman–Crippen MR) is 207 cm³/mol. The van der Waals surface area contributed by atoms with Crippen LogP contribution in [0.1, 0.15) is 33.2 Å². The number of pyridine rings is 1. The Bertz CT molecular complexity index is 2290. The van der Waals surface area contributed by atoms with Crippen LogP contribution < -0.4 is 19.7 Å². The van der Waals surface area contributed by atoms with Gasteiger partial charge in [-0.3, -0.25) is 14.6 Å². The van der Waals surface area contributed by atoms with Crippen molar-refractivity contribution in [3.63, 3.8) is 0 Å². The summed E-state index contributed by atoms with van der Waals surface area (Å²) in [5, 5.41) is 2.73. The summed E-state index contributed by atoms with van der Waals surface area (Å²) in [5.74, 6) is -0.930. The molecular formula is C40H37F4N5O5S2. The number of amides is 2. The third-order valence-corrected chi connectivity index (χ3v) is 11.2. The van der Waals surface area contributed by atoms with Crippen LogP contribution in [0.4, 0.5) is 28.9 Å². The number of hydrogen-bond donors (Lipinski definition) is 2. The van der Waals surface area contributed by atoms with E-state index in [0.717, 1.165) is 17.0 Å². The van der Waals surface area contributed by atoms with Crippen molar-refractivity contribution in [3.8, 4) is 16.9 Å². The molecule has 1 aromatic heterocycles. The van der Waals surface area contributed by atoms with Crippen LogP contribution in [0.25, 0.3) is 11.1 Å². The Hall–Kier alpha value is -5.61. The van der Waals surface area contributed by atoms with Crippen LogP contribution in [0.5, 0.6) is 5.75 Å². The van der Waals surface area contributed by atoms with Gasteiger partial charge in [0, 0.05) is 83.2 Å². The normalized spacial score (nSPS) is 13.3. The van der Waals surface area contributed by atoms with E-state index in [-0.39, 0.29) is 34.8 Å². The Balaban J connectivity index is 1.03. The summed E-state index contributed by atoms with van der Waals surface area (Å²) in [6.45, 7) is 4.00. The molecule has 1 aliphatic heterocycles. The van der Waals surface area contributed by atoms with Crippen molar-refractivity contribution in [2.24, 2.45) is 0 Å². The average Bonchev–Trinajstić information content (AvgIpc) is 3.19. The topological polar surface area (TPSA) is 121 Å². The summed E-state index contributed by atoms with van der Waals surface area (Å²) >= 11 is 1.46. The third kappa shape index (κ3) is 9.78. The van der Waals surface area contributed by atoms with Crippen molar-refractivity contribution < 1.29 is 40.3 Å². The first-order valence-corrected chi connectivity index (χ1v) is 20.0. The lowest BCUT2D eigenvalue weighted by Crippen LogP contribution is -2.48. The molecule has 0 unspecified atom stereocenters. The number of piperazine rings is 1. The molecule has 0 bridgehead atoms. The maximum Gasteiger partial charge on any atom is 0.418 e. The SMILES string of the molecule is CCOc1cncc(-c2ccc(C(=O)N3CCN(c4ccc(C(=O)NS(=O)(=O)c5ccc(NCCSc6ccccc6)c(C(F)(F)F)c5)cc4)CC3)cc2F)c1. The molecule has 16 heteroatoms. The summed E-state index contributed by atoms with van der Waals surface area (Å²) in [6.07, 6.45) is -1.81. The highest BCUT2D eigenvalue weighted by atomic mass is 32.2. The summed E-state index contributed by atoms with van der Waals surface area (Å²) in [6, 6.07) is 23.9. The Morgan fingerprint density at radius 1 is 0.875 bits per heavy atom. The van der Waals surface area contributed by atoms with Crippen LogP contribution in [0.3, 0.4) is 0 Å². The van der Waals surface area contributed by atoms with Gasteiger partial charge < -0.3 is 19.9 Å². The van der Waals surface area contributed by atoms with Gasteiger partial charge in [0.1, 0.15) is 11.6 Å². The fourth-order valence-electron chi connectivity index (χ4n) is 6.06. The summed E-state index contributed by atoms with van der Waals surface area (Å²) in [7, 11) is -4.67. The molecule has 4 aromatic carbocycles. The second kappa shape index (κ2) is 17.5. The molecule has 6 rings (SSSR count). The molecule has 0 atom stereocenters. The quantitative estimate of drug-likeness (QED) is 0.0705. The lowest BCUT2D eigenvalue weighted by molar-refractivity contribution is -0.137. The first-order valence-electron chi connectivity index (χ1n) is 17.5. The first-order chi connectivity index (χ1) is 26.8. The van der Waals surface area contributed by atoms with E-state index >= 15 is 4.39 Å². The van der Waals surface area contributed by atoms with Crippen molar-refractivity contribution in [1.82, 2.24) is 14.6 Å². The maximum atomic E-state index is 15.1. The predicted octanol–water partition coefficient (Wildman–Crippen LogP) is 7.59. The Morgan fingerprint density at radius 2 is 1.59 bits per heavy atom. The number of anilines is 2. The van der Waals surface area contributed by atoms with Gasteiger partial charge in [-0.2, -0.15) is 13.2 Å². The van der Waals surface area contributed by atoms with E-state index in [1.165, 1.54) is 48.4 Å². The first kappa shape index (κ1) is 40.1. The zero-order chi connectivity index (χ0) is 39.9. The molecule has 56 heavy (non-hydrogen) atoms. The number of aromatic nitrogens is 1. The van der Waals surface area contributed by atoms with Crippen LogP contribution in [0.15, 0.2) is 119 Å². The Kier molecular flexibility index (Phi) is 12.5. The van der Waals surface area contributed by atoms with Gasteiger partial charge in [0.15, 0.2) is 0 Å². The second-order valence-corrected chi connectivity index (χ2v) is 15.4. The number of halogens is 4. The number of carbonyl (C=O) groups is 2. The van der Waals surface area contributed by atoms with Crippen molar-refractivity contribution >= 4 is 45.0 Å². The van der Waals surface area contributed by atoms with Crippen LogP contribution in [0.2, 0.25) is 0 Å². The fourth-order valence-corrected chi connectivity index (χ4v) is 7.85. The molecule has 292 valence electrons. The molecule has 1 aliphatic rings. The van der Waals surface area contributed by atoms with Gasteiger partial charge in [0.05, 0.1) is 23.3 Å². The highest BCUT2D eigenvalue weighted by Crippen LogP contribution is 2.36. The molecule has 1 saturated heterocycles. The molecule has 0 saturated carbocycles. The van der Waals surface area contributed by atoms with E-state index < -0.39 is 38.4 Å². The van der Waals surface area contributed by atoms with Gasteiger partial charge in [-0.1, -0.05) is 24.3 Å². The van der Waals surface area contributed by atoms with Gasteiger partial charge >= 0.3 is 6.18 Å². The number of nitrogens with zero attached hydrogens (tertiary/aromatic N) is 3. The Labute approximate surface area is 325 Å². The van der Waals surface area contributed by atoms with Crippen LogP contribution in [-0.4, -0.2) is 75.2 Å². The minimum absolute atomic E-state index is 0.0257. The summed E-state index contributed by atoms with van der Waals surface area (Å²) in [4.78, 5) is 34.2. The number of thioether (sulfide) groups is 1. The van der Waals surface area contributed by atoms with Crippen LogP contribution in [-0.2, 0) is 16.2 Å². The van der Waals surface area contributed by atoms with Gasteiger partial charge in [0.2, 0.25) is 0 Å². The zero-order valence-electron chi connectivity index (χ0n) is 30.1. The highest BCUT2D eigenvalue weighted by molar-refractivity contribution is 7.99. The number of sulfonamides is 1. The molecule has 2 N–H and O–H groups in total. The molecule has 10 nitrogen and oxygen atoms in total. The van der Waals surface area contributed by atoms with Crippen molar-refractivity contribution in [1.29, 1.82) is 0 Å². The standard InChI is InChI=1S/C40H37F4N5O5S2/c1-2-54-31-22-29(25-45-26-31)34-14-10-28(23-36(34)41)39(51)49-19-17-48(18-20-49)30-11-8-27(9-12-30)38(50)47-56(52,53)33-13-15-37(35(24-33)40(42,43)44)46-16-21-55-32-6-4-3-5-7-32/h3-15,22-26,46H,2,16-21H2,1H3,(H,47,50). The molecule has 2 heterocycles. The summed E-state index contributed by atoms with van der Waals surface area (Å²) < 4.78 is 90.6. The van der Waals surface area contributed by atoms with E-state index in [9.17, 15) is 31.2 Å². The average molecular weight is 808 g/mol. The third-order valence-electron chi connectivity index (χ3n) is 8.88. The lowest BCUT2D eigenvalue weighted by Gasteiger charge is -2.36. The molecule has 0 spiro atoms. The number of benzene rings is 4. The van der Waals surface area contributed by atoms with E-state index in [0.29, 0.717) is 61.6 Å². The molecular weight excluding hydrogens is 771 g/mol. The van der Waals surface area contributed by atoms with E-state index in [1.807, 2.05) is 46.9 Å². The minimum atomic E-state index is -4.86. The highest BCUT2D eigenvalue weighted by Gasteiger charge is 2.35. The molecule has 1 fully saturated rings. The van der Waals surface area contributed by atoms with Gasteiger partial charge in [0.25, 0.3) is 21.8 Å². The number of hydrogen-bond acceptors (Lipinski definition) is 9. The monoisotopic (exact) mass is 807 g/mol.